The predicted molar refractivity (Wildman–Crippen MR) is 105 cm³/mol. The van der Waals surface area contributed by atoms with Crippen molar-refractivity contribution >= 4 is 5.96 Å². The van der Waals surface area contributed by atoms with Crippen LogP contribution >= 0.6 is 0 Å². The number of nitrogens with one attached hydrogen (secondary N) is 2. The van der Waals surface area contributed by atoms with Gasteiger partial charge in [0.05, 0.1) is 18.8 Å². The van der Waals surface area contributed by atoms with Gasteiger partial charge in [0.25, 0.3) is 0 Å². The summed E-state index contributed by atoms with van der Waals surface area (Å²) in [6.45, 7) is 9.59. The van der Waals surface area contributed by atoms with Crippen LogP contribution in [-0.4, -0.2) is 36.7 Å². The number of aliphatic imine (C=N–C) groups is 1. The quantitative estimate of drug-likeness (QED) is 0.461. The number of para-hydroxylation sites is 1. The van der Waals surface area contributed by atoms with Crippen molar-refractivity contribution in [1.29, 1.82) is 0 Å². The first-order chi connectivity index (χ1) is 12.9. The van der Waals surface area contributed by atoms with Crippen molar-refractivity contribution in [2.75, 3.05) is 20.2 Å². The molecule has 27 heavy (non-hydrogen) atoms. The molecule has 0 spiro atoms. The monoisotopic (exact) mass is 372 g/mol. The third kappa shape index (κ3) is 4.72. The molecule has 7 nitrogen and oxygen atoms in total. The van der Waals surface area contributed by atoms with E-state index < -0.39 is 0 Å². The largest absolute Gasteiger partial charge is 0.488 e. The SMILES string of the molecule is CN=C(NCCOc1cccc2c1OC(C)(C)C2)NCc1nc(C)c(C)o1. The molecule has 0 saturated carbocycles. The molecule has 1 aliphatic heterocycles. The van der Waals surface area contributed by atoms with E-state index in [9.17, 15) is 0 Å². The van der Waals surface area contributed by atoms with Gasteiger partial charge >= 0.3 is 0 Å². The molecule has 1 aromatic heterocycles. The van der Waals surface area contributed by atoms with Gasteiger partial charge in [-0.2, -0.15) is 0 Å². The average Bonchev–Trinajstić information content (AvgIpc) is 3.11. The van der Waals surface area contributed by atoms with E-state index in [2.05, 4.69) is 40.5 Å². The van der Waals surface area contributed by atoms with Gasteiger partial charge in [-0.3, -0.25) is 4.99 Å². The number of hydrogen-bond acceptors (Lipinski definition) is 5. The molecule has 1 aromatic carbocycles. The normalized spacial score (nSPS) is 15.2. The maximum atomic E-state index is 6.03. The minimum Gasteiger partial charge on any atom is -0.488 e. The van der Waals surface area contributed by atoms with Crippen LogP contribution in [0.15, 0.2) is 27.6 Å². The number of hydrogen-bond donors (Lipinski definition) is 2. The molecule has 7 heteroatoms. The topological polar surface area (TPSA) is 80.9 Å². The Bertz CT molecular complexity index is 807. The van der Waals surface area contributed by atoms with Gasteiger partial charge in [-0.25, -0.2) is 4.98 Å². The Balaban J connectivity index is 1.45. The number of ether oxygens (including phenoxy) is 2. The van der Waals surface area contributed by atoms with Crippen LogP contribution in [0, 0.1) is 13.8 Å². The summed E-state index contributed by atoms with van der Waals surface area (Å²) in [5.74, 6) is 3.80. The summed E-state index contributed by atoms with van der Waals surface area (Å²) in [5.41, 5.74) is 1.92. The highest BCUT2D eigenvalue weighted by atomic mass is 16.5. The Morgan fingerprint density at radius 2 is 2.11 bits per heavy atom. The van der Waals surface area contributed by atoms with Gasteiger partial charge < -0.3 is 24.5 Å². The minimum absolute atomic E-state index is 0.178. The standard InChI is InChI=1S/C20H28N4O3/c1-13-14(2)26-17(24-13)12-23-19(21-5)22-9-10-25-16-8-6-7-15-11-20(3,4)27-18(15)16/h6-8H,9-12H2,1-5H3,(H2,21,22,23). The molecular formula is C20H28N4O3. The number of benzene rings is 1. The molecule has 0 radical (unpaired) electrons. The second kappa shape index (κ2) is 7.90. The highest BCUT2D eigenvalue weighted by molar-refractivity contribution is 5.79. The number of guanidine groups is 1. The van der Waals surface area contributed by atoms with Crippen LogP contribution in [-0.2, 0) is 13.0 Å². The van der Waals surface area contributed by atoms with Gasteiger partial charge in [-0.15, -0.1) is 0 Å². The zero-order chi connectivity index (χ0) is 19.4. The van der Waals surface area contributed by atoms with Crippen LogP contribution in [0.5, 0.6) is 11.5 Å². The van der Waals surface area contributed by atoms with Crippen molar-refractivity contribution in [3.8, 4) is 11.5 Å². The average molecular weight is 372 g/mol. The maximum absolute atomic E-state index is 6.03. The van der Waals surface area contributed by atoms with Crippen molar-refractivity contribution in [2.45, 2.75) is 46.3 Å². The third-order valence-electron chi connectivity index (χ3n) is 4.41. The zero-order valence-electron chi connectivity index (χ0n) is 16.7. The Morgan fingerprint density at radius 3 is 2.81 bits per heavy atom. The number of fused-ring (bicyclic) bond motifs is 1. The number of aryl methyl sites for hydroxylation is 2. The van der Waals surface area contributed by atoms with Crippen molar-refractivity contribution in [3.05, 3.63) is 41.1 Å². The Kier molecular flexibility index (Phi) is 5.58. The molecule has 3 rings (SSSR count). The van der Waals surface area contributed by atoms with E-state index in [0.29, 0.717) is 31.5 Å². The molecule has 1 aliphatic rings. The summed E-state index contributed by atoms with van der Waals surface area (Å²) >= 11 is 0. The molecule has 0 aliphatic carbocycles. The summed E-state index contributed by atoms with van der Waals surface area (Å²) < 4.78 is 17.5. The van der Waals surface area contributed by atoms with Crippen molar-refractivity contribution in [3.63, 3.8) is 0 Å². The fraction of sp³-hybridized carbons (Fsp3) is 0.500. The minimum atomic E-state index is -0.178. The fourth-order valence-electron chi connectivity index (χ4n) is 3.03. The van der Waals surface area contributed by atoms with Gasteiger partial charge in [0.15, 0.2) is 17.5 Å². The van der Waals surface area contributed by atoms with E-state index in [4.69, 9.17) is 13.9 Å². The molecule has 0 unspecified atom stereocenters. The highest BCUT2D eigenvalue weighted by Crippen LogP contribution is 2.41. The molecule has 0 amide bonds. The summed E-state index contributed by atoms with van der Waals surface area (Å²) in [7, 11) is 1.72. The van der Waals surface area contributed by atoms with E-state index in [1.807, 2.05) is 26.0 Å². The smallest absolute Gasteiger partial charge is 0.214 e. The Labute approximate surface area is 160 Å². The van der Waals surface area contributed by atoms with Gasteiger partial charge in [0.2, 0.25) is 5.89 Å². The lowest BCUT2D eigenvalue weighted by molar-refractivity contribution is 0.132. The van der Waals surface area contributed by atoms with E-state index in [-0.39, 0.29) is 5.60 Å². The summed E-state index contributed by atoms with van der Waals surface area (Å²) in [5, 5.41) is 6.40. The second-order valence-corrected chi connectivity index (χ2v) is 7.23. The number of oxazole rings is 1. The van der Waals surface area contributed by atoms with Crippen molar-refractivity contribution in [1.82, 2.24) is 15.6 Å². The molecule has 2 aromatic rings. The second-order valence-electron chi connectivity index (χ2n) is 7.23. The van der Waals surface area contributed by atoms with Gasteiger partial charge in [-0.1, -0.05) is 12.1 Å². The van der Waals surface area contributed by atoms with Crippen LogP contribution in [0.1, 0.15) is 36.8 Å². The molecule has 146 valence electrons. The van der Waals surface area contributed by atoms with E-state index in [1.54, 1.807) is 7.05 Å². The van der Waals surface area contributed by atoms with Crippen LogP contribution in [0.3, 0.4) is 0 Å². The molecule has 2 N–H and O–H groups in total. The lowest BCUT2D eigenvalue weighted by Crippen LogP contribution is -2.39. The van der Waals surface area contributed by atoms with Crippen LogP contribution in [0.2, 0.25) is 0 Å². The van der Waals surface area contributed by atoms with Gasteiger partial charge in [0.1, 0.15) is 18.0 Å². The van der Waals surface area contributed by atoms with E-state index >= 15 is 0 Å². The highest BCUT2D eigenvalue weighted by Gasteiger charge is 2.32. The molecule has 0 atom stereocenters. The number of aromatic nitrogens is 1. The van der Waals surface area contributed by atoms with Crippen LogP contribution in [0.4, 0.5) is 0 Å². The first-order valence-electron chi connectivity index (χ1n) is 9.19. The Hall–Kier alpha value is -2.70. The summed E-state index contributed by atoms with van der Waals surface area (Å²) in [6, 6.07) is 6.04. The summed E-state index contributed by atoms with van der Waals surface area (Å²) in [6.07, 6.45) is 0.897. The lowest BCUT2D eigenvalue weighted by atomic mass is 10.0. The van der Waals surface area contributed by atoms with Crippen LogP contribution in [0.25, 0.3) is 0 Å². The molecule has 2 heterocycles. The number of nitrogens with zero attached hydrogens (tertiary/aromatic N) is 2. The van der Waals surface area contributed by atoms with Gasteiger partial charge in [-0.05, 0) is 33.8 Å². The van der Waals surface area contributed by atoms with E-state index in [1.165, 1.54) is 5.56 Å². The first-order valence-corrected chi connectivity index (χ1v) is 9.19. The first kappa shape index (κ1) is 19.1. The van der Waals surface area contributed by atoms with Crippen LogP contribution < -0.4 is 20.1 Å². The van der Waals surface area contributed by atoms with Crippen molar-refractivity contribution in [2.24, 2.45) is 4.99 Å². The molecule has 0 fully saturated rings. The predicted octanol–water partition coefficient (Wildman–Crippen LogP) is 2.75. The maximum Gasteiger partial charge on any atom is 0.214 e. The van der Waals surface area contributed by atoms with E-state index in [0.717, 1.165) is 29.4 Å². The molecule has 0 bridgehead atoms. The number of rotatable bonds is 6. The van der Waals surface area contributed by atoms with Crippen molar-refractivity contribution < 1.29 is 13.9 Å². The lowest BCUT2D eigenvalue weighted by Gasteiger charge is -2.18. The molecular weight excluding hydrogens is 344 g/mol. The third-order valence-corrected chi connectivity index (χ3v) is 4.41. The zero-order valence-corrected chi connectivity index (χ0v) is 16.7. The van der Waals surface area contributed by atoms with Gasteiger partial charge in [0, 0.05) is 19.0 Å². The molecule has 0 saturated heterocycles. The Morgan fingerprint density at radius 1 is 1.30 bits per heavy atom. The summed E-state index contributed by atoms with van der Waals surface area (Å²) in [4.78, 5) is 8.55. The fourth-order valence-corrected chi connectivity index (χ4v) is 3.03.